The molecule has 1 aliphatic carbocycles. The van der Waals surface area contributed by atoms with E-state index >= 15 is 0 Å². The Labute approximate surface area is 221 Å². The predicted molar refractivity (Wildman–Crippen MR) is 126 cm³/mol. The molecule has 2 unspecified atom stereocenters. The number of thiazole rings is 1. The predicted octanol–water partition coefficient (Wildman–Crippen LogP) is 5.12. The smallest absolute Gasteiger partial charge is 0.313 e. The van der Waals surface area contributed by atoms with E-state index in [4.69, 9.17) is 0 Å². The second kappa shape index (κ2) is 9.24. The zero-order chi connectivity index (χ0) is 27.6. The quantitative estimate of drug-likeness (QED) is 0.349. The fourth-order valence-corrected chi connectivity index (χ4v) is 6.04. The van der Waals surface area contributed by atoms with Gasteiger partial charge in [0.15, 0.2) is 22.5 Å². The van der Waals surface area contributed by atoms with Crippen LogP contribution in [0.1, 0.15) is 40.8 Å². The van der Waals surface area contributed by atoms with Gasteiger partial charge in [-0.3, -0.25) is 9.48 Å². The van der Waals surface area contributed by atoms with Crippen LogP contribution in [0.25, 0.3) is 0 Å². The minimum absolute atomic E-state index is 0.000699. The van der Waals surface area contributed by atoms with E-state index in [1.165, 1.54) is 16.0 Å². The second-order valence-corrected chi connectivity index (χ2v) is 10.9. The molecule has 0 radical (unpaired) electrons. The molecule has 2 aromatic heterocycles. The van der Waals surface area contributed by atoms with Gasteiger partial charge in [0.05, 0.1) is 36.7 Å². The first-order valence-corrected chi connectivity index (χ1v) is 12.9. The van der Waals surface area contributed by atoms with Crippen LogP contribution in [0, 0.1) is 23.4 Å². The van der Waals surface area contributed by atoms with Gasteiger partial charge in [-0.15, -0.1) is 11.3 Å². The Morgan fingerprint density at radius 3 is 2.44 bits per heavy atom. The zero-order valence-electron chi connectivity index (χ0n) is 20.0. The third kappa shape index (κ3) is 4.72. The summed E-state index contributed by atoms with van der Waals surface area (Å²) in [5, 5.41) is 5.86. The lowest BCUT2D eigenvalue weighted by Crippen LogP contribution is -2.49. The molecule has 0 bridgehead atoms. The van der Waals surface area contributed by atoms with E-state index in [9.17, 15) is 35.9 Å². The maximum absolute atomic E-state index is 13.7. The summed E-state index contributed by atoms with van der Waals surface area (Å²) in [4.78, 5) is 32.9. The van der Waals surface area contributed by atoms with Crippen LogP contribution >= 0.6 is 11.3 Å². The number of benzene rings is 1. The number of fused-ring (bicyclic) bond motifs is 1. The summed E-state index contributed by atoms with van der Waals surface area (Å²) in [5.41, 5.74) is 0.743. The Morgan fingerprint density at radius 2 is 1.79 bits per heavy atom. The number of urea groups is 1. The van der Waals surface area contributed by atoms with Crippen molar-refractivity contribution in [3.8, 4) is 0 Å². The van der Waals surface area contributed by atoms with Crippen molar-refractivity contribution in [3.63, 3.8) is 0 Å². The molecular weight excluding hydrogens is 550 g/mol. The van der Waals surface area contributed by atoms with Crippen LogP contribution in [0.5, 0.6) is 0 Å². The molecule has 2 aliphatic heterocycles. The average Bonchev–Trinajstić information content (AvgIpc) is 3.26. The third-order valence-electron chi connectivity index (χ3n) is 7.25. The van der Waals surface area contributed by atoms with Crippen LogP contribution in [0.3, 0.4) is 0 Å². The molecule has 15 heteroatoms. The van der Waals surface area contributed by atoms with Crippen molar-refractivity contribution >= 4 is 34.6 Å². The highest BCUT2D eigenvalue weighted by Gasteiger charge is 2.44. The number of hydrogen-bond donors (Lipinski definition) is 1. The molecule has 39 heavy (non-hydrogen) atoms. The Bertz CT molecular complexity index is 1440. The summed E-state index contributed by atoms with van der Waals surface area (Å²) in [6, 6.07) is 0.467. The van der Waals surface area contributed by atoms with E-state index in [2.05, 4.69) is 15.4 Å². The summed E-state index contributed by atoms with van der Waals surface area (Å²) >= 11 is 0.512. The molecule has 206 valence electrons. The van der Waals surface area contributed by atoms with Gasteiger partial charge in [-0.2, -0.15) is 18.3 Å². The molecule has 3 aromatic rings. The first-order valence-electron chi connectivity index (χ1n) is 12.1. The molecule has 0 spiro atoms. The fourth-order valence-electron chi connectivity index (χ4n) is 5.17. The monoisotopic (exact) mass is 570 g/mol. The lowest BCUT2D eigenvalue weighted by atomic mass is 10.1. The minimum Gasteiger partial charge on any atom is -0.313 e. The molecule has 1 saturated heterocycles. The number of nitrogens with zero attached hydrogens (tertiary/aromatic N) is 5. The van der Waals surface area contributed by atoms with Crippen molar-refractivity contribution < 1.29 is 35.9 Å². The number of carbonyl (C=O) groups is 2. The molecule has 8 nitrogen and oxygen atoms in total. The van der Waals surface area contributed by atoms with Crippen molar-refractivity contribution in [1.29, 1.82) is 0 Å². The molecular formula is C24H20F6N6O2S. The largest absolute Gasteiger partial charge is 0.443 e. The van der Waals surface area contributed by atoms with Gasteiger partial charge < -0.3 is 15.1 Å². The molecule has 1 aromatic carbocycles. The number of alkyl halides is 3. The highest BCUT2D eigenvalue weighted by atomic mass is 32.1. The maximum Gasteiger partial charge on any atom is 0.443 e. The summed E-state index contributed by atoms with van der Waals surface area (Å²) < 4.78 is 81.5. The van der Waals surface area contributed by atoms with Gasteiger partial charge in [0.1, 0.15) is 0 Å². The molecule has 6 rings (SSSR count). The lowest BCUT2D eigenvalue weighted by Gasteiger charge is -2.37. The van der Waals surface area contributed by atoms with Gasteiger partial charge in [-0.05, 0) is 18.8 Å². The molecule has 2 atom stereocenters. The molecule has 2 fully saturated rings. The number of anilines is 2. The van der Waals surface area contributed by atoms with Gasteiger partial charge in [0.25, 0.3) is 0 Å². The number of aromatic nitrogens is 3. The van der Waals surface area contributed by atoms with Crippen molar-refractivity contribution in [2.24, 2.45) is 5.92 Å². The van der Waals surface area contributed by atoms with E-state index in [-0.39, 0.29) is 43.1 Å². The standard InChI is InChI=1S/C24H20F6N6O2S/c25-14-4-13(5-15(26)21(14)27)33-23(38)35-9-18-16(6-32-36(18)10-17(35)11-1-2-11)34-8-12(3-20(34)37)19-7-31-22(39-19)24(28,29)30/h4-7,11-12,17H,1-3,8-10H2,(H,33,38). The van der Waals surface area contributed by atoms with E-state index < -0.39 is 40.6 Å². The van der Waals surface area contributed by atoms with Gasteiger partial charge in [-0.25, -0.2) is 22.9 Å². The van der Waals surface area contributed by atoms with Crippen molar-refractivity contribution in [1.82, 2.24) is 19.7 Å². The Kier molecular flexibility index (Phi) is 6.08. The lowest BCUT2D eigenvalue weighted by molar-refractivity contribution is -0.137. The first-order chi connectivity index (χ1) is 18.5. The van der Waals surface area contributed by atoms with Gasteiger partial charge in [0, 0.05) is 47.8 Å². The molecule has 3 amide bonds. The number of hydrogen-bond acceptors (Lipinski definition) is 5. The second-order valence-electron chi connectivity index (χ2n) is 9.85. The SMILES string of the molecule is O=C1CC(c2cnc(C(F)(F)F)s2)CN1c1cnn2c1CN(C(=O)Nc1cc(F)c(F)c(F)c1)C(C1CC1)C2. The normalized spacial score (nSPS) is 21.4. The minimum atomic E-state index is -4.57. The first kappa shape index (κ1) is 25.6. The summed E-state index contributed by atoms with van der Waals surface area (Å²) in [6.07, 6.45) is -0.141. The van der Waals surface area contributed by atoms with Gasteiger partial charge in [-0.1, -0.05) is 0 Å². The topological polar surface area (TPSA) is 83.4 Å². The Hall–Kier alpha value is -3.62. The average molecular weight is 571 g/mol. The van der Waals surface area contributed by atoms with Crippen LogP contribution in [-0.4, -0.2) is 44.2 Å². The van der Waals surface area contributed by atoms with Gasteiger partial charge >= 0.3 is 12.2 Å². The van der Waals surface area contributed by atoms with Crippen molar-refractivity contribution in [2.45, 2.75) is 50.5 Å². The summed E-state index contributed by atoms with van der Waals surface area (Å²) in [5.74, 6) is -5.09. The van der Waals surface area contributed by atoms with Gasteiger partial charge in [0.2, 0.25) is 5.91 Å². The highest BCUT2D eigenvalue weighted by molar-refractivity contribution is 7.11. The van der Waals surface area contributed by atoms with Crippen LogP contribution < -0.4 is 10.2 Å². The Balaban J connectivity index is 1.24. The number of halogens is 6. The van der Waals surface area contributed by atoms with Crippen LogP contribution in [-0.2, 0) is 24.1 Å². The summed E-state index contributed by atoms with van der Waals surface area (Å²) in [7, 11) is 0. The number of carbonyl (C=O) groups excluding carboxylic acids is 2. The number of rotatable bonds is 4. The molecule has 3 aliphatic rings. The zero-order valence-corrected chi connectivity index (χ0v) is 20.8. The van der Waals surface area contributed by atoms with Crippen LogP contribution in [0.2, 0.25) is 0 Å². The maximum atomic E-state index is 13.7. The van der Waals surface area contributed by atoms with Crippen molar-refractivity contribution in [2.75, 3.05) is 16.8 Å². The third-order valence-corrected chi connectivity index (χ3v) is 8.46. The molecule has 4 heterocycles. The molecule has 1 N–H and O–H groups in total. The fraction of sp³-hybridized carbons (Fsp3) is 0.417. The van der Waals surface area contributed by atoms with Crippen LogP contribution in [0.15, 0.2) is 24.5 Å². The Morgan fingerprint density at radius 1 is 1.08 bits per heavy atom. The van der Waals surface area contributed by atoms with E-state index in [0.29, 0.717) is 46.3 Å². The van der Waals surface area contributed by atoms with E-state index in [1.54, 1.807) is 4.68 Å². The number of amides is 3. The molecule has 1 saturated carbocycles. The van der Waals surface area contributed by atoms with Crippen molar-refractivity contribution in [3.05, 3.63) is 57.6 Å². The van der Waals surface area contributed by atoms with E-state index in [0.717, 1.165) is 19.0 Å². The summed E-state index contributed by atoms with van der Waals surface area (Å²) in [6.45, 7) is 0.486. The van der Waals surface area contributed by atoms with Crippen LogP contribution in [0.4, 0.5) is 42.5 Å². The highest BCUT2D eigenvalue weighted by Crippen LogP contribution is 2.42. The number of nitrogens with one attached hydrogen (secondary N) is 1. The van der Waals surface area contributed by atoms with E-state index in [1.807, 2.05) is 0 Å².